The summed E-state index contributed by atoms with van der Waals surface area (Å²) in [6, 6.07) is 7.99. The zero-order valence-electron chi connectivity index (χ0n) is 12.8. The smallest absolute Gasteiger partial charge is 0.349 e. The zero-order valence-corrected chi connectivity index (χ0v) is 13.6. The van der Waals surface area contributed by atoms with E-state index in [2.05, 4.69) is 26.0 Å². The van der Waals surface area contributed by atoms with Gasteiger partial charge in [0.2, 0.25) is 0 Å². The van der Waals surface area contributed by atoms with Crippen LogP contribution in [-0.4, -0.2) is 11.1 Å². The molecule has 2 aromatic rings. The van der Waals surface area contributed by atoms with E-state index in [4.69, 9.17) is 4.74 Å². The predicted octanol–water partition coefficient (Wildman–Crippen LogP) is 4.77. The van der Waals surface area contributed by atoms with Crippen molar-refractivity contribution < 1.29 is 14.6 Å². The van der Waals surface area contributed by atoms with E-state index >= 15 is 0 Å². The second-order valence-electron chi connectivity index (χ2n) is 5.51. The highest BCUT2D eigenvalue weighted by atomic mass is 32.1. The Morgan fingerprint density at radius 1 is 1.24 bits per heavy atom. The molecule has 3 nitrogen and oxygen atoms in total. The van der Waals surface area contributed by atoms with Crippen molar-refractivity contribution in [2.24, 2.45) is 0 Å². The number of aromatic carboxylic acids is 1. The fourth-order valence-electron chi connectivity index (χ4n) is 1.99. The van der Waals surface area contributed by atoms with Gasteiger partial charge in [-0.05, 0) is 42.5 Å². The molecule has 0 aliphatic heterocycles. The molecule has 0 aliphatic carbocycles. The van der Waals surface area contributed by atoms with Crippen LogP contribution in [0.1, 0.15) is 51.0 Å². The average Bonchev–Trinajstić information content (AvgIpc) is 2.85. The minimum atomic E-state index is -0.929. The molecule has 1 heterocycles. The average molecular weight is 304 g/mol. The molecule has 0 bridgehead atoms. The van der Waals surface area contributed by atoms with E-state index in [0.29, 0.717) is 18.3 Å². The third-order valence-electron chi connectivity index (χ3n) is 3.45. The van der Waals surface area contributed by atoms with Crippen molar-refractivity contribution in [3.63, 3.8) is 0 Å². The molecule has 4 heteroatoms. The summed E-state index contributed by atoms with van der Waals surface area (Å²) in [6.45, 7) is 8.60. The lowest BCUT2D eigenvalue weighted by Gasteiger charge is -2.07. The molecule has 1 aromatic carbocycles. The van der Waals surface area contributed by atoms with Crippen LogP contribution in [0, 0.1) is 13.8 Å². The largest absolute Gasteiger partial charge is 0.487 e. The minimum Gasteiger partial charge on any atom is -0.487 e. The van der Waals surface area contributed by atoms with Gasteiger partial charge in [0.15, 0.2) is 4.88 Å². The van der Waals surface area contributed by atoms with Gasteiger partial charge < -0.3 is 9.84 Å². The van der Waals surface area contributed by atoms with Crippen molar-refractivity contribution in [3.05, 3.63) is 50.7 Å². The molecule has 1 N–H and O–H groups in total. The predicted molar refractivity (Wildman–Crippen MR) is 85.6 cm³/mol. The van der Waals surface area contributed by atoms with E-state index in [1.807, 2.05) is 26.0 Å². The summed E-state index contributed by atoms with van der Waals surface area (Å²) in [5, 5.41) is 9.27. The molecule has 0 atom stereocenters. The van der Waals surface area contributed by atoms with Crippen LogP contribution in [0.25, 0.3) is 0 Å². The van der Waals surface area contributed by atoms with Gasteiger partial charge in [-0.25, -0.2) is 4.79 Å². The van der Waals surface area contributed by atoms with Gasteiger partial charge >= 0.3 is 5.97 Å². The third kappa shape index (κ3) is 3.64. The summed E-state index contributed by atoms with van der Waals surface area (Å²) in [4.78, 5) is 12.6. The van der Waals surface area contributed by atoms with E-state index in [-0.39, 0.29) is 4.88 Å². The Morgan fingerprint density at radius 2 is 1.95 bits per heavy atom. The van der Waals surface area contributed by atoms with Crippen LogP contribution >= 0.6 is 11.3 Å². The van der Waals surface area contributed by atoms with Crippen molar-refractivity contribution in [2.75, 3.05) is 0 Å². The Kier molecular flexibility index (Phi) is 4.68. The van der Waals surface area contributed by atoms with Gasteiger partial charge in [-0.15, -0.1) is 11.3 Å². The number of hydrogen-bond acceptors (Lipinski definition) is 3. The molecule has 0 radical (unpaired) electrons. The molecule has 0 aliphatic rings. The van der Waals surface area contributed by atoms with Crippen LogP contribution in [-0.2, 0) is 6.61 Å². The van der Waals surface area contributed by atoms with Crippen LogP contribution in [0.4, 0.5) is 0 Å². The Balaban J connectivity index is 2.18. The van der Waals surface area contributed by atoms with Gasteiger partial charge in [0, 0.05) is 4.88 Å². The maximum atomic E-state index is 11.3. The Bertz CT molecular complexity index is 656. The summed E-state index contributed by atoms with van der Waals surface area (Å²) in [5.74, 6) is -0.163. The second-order valence-corrected chi connectivity index (χ2v) is 6.59. The number of carboxylic acid groups (broad SMARTS) is 1. The summed E-state index contributed by atoms with van der Waals surface area (Å²) >= 11 is 1.29. The number of thiophene rings is 1. The third-order valence-corrected chi connectivity index (χ3v) is 4.85. The highest BCUT2D eigenvalue weighted by Gasteiger charge is 2.18. The van der Waals surface area contributed by atoms with Crippen molar-refractivity contribution in [2.45, 2.75) is 40.2 Å². The first kappa shape index (κ1) is 15.6. The first-order chi connectivity index (χ1) is 9.88. The van der Waals surface area contributed by atoms with Crippen LogP contribution < -0.4 is 4.74 Å². The fraction of sp³-hybridized carbons (Fsp3) is 0.353. The molecule has 21 heavy (non-hydrogen) atoms. The van der Waals surface area contributed by atoms with Gasteiger partial charge in [0.25, 0.3) is 0 Å². The lowest BCUT2D eigenvalue weighted by molar-refractivity contribution is 0.0697. The van der Waals surface area contributed by atoms with E-state index in [0.717, 1.165) is 10.4 Å². The summed E-state index contributed by atoms with van der Waals surface area (Å²) < 4.78 is 5.74. The quantitative estimate of drug-likeness (QED) is 0.865. The number of benzene rings is 1. The van der Waals surface area contributed by atoms with E-state index < -0.39 is 5.97 Å². The zero-order chi connectivity index (χ0) is 15.6. The van der Waals surface area contributed by atoms with Gasteiger partial charge in [-0.2, -0.15) is 0 Å². The highest BCUT2D eigenvalue weighted by molar-refractivity contribution is 7.14. The minimum absolute atomic E-state index is 0.280. The Morgan fingerprint density at radius 3 is 2.52 bits per heavy atom. The van der Waals surface area contributed by atoms with Crippen LogP contribution in [0.5, 0.6) is 5.75 Å². The van der Waals surface area contributed by atoms with E-state index in [1.54, 1.807) is 0 Å². The lowest BCUT2D eigenvalue weighted by Crippen LogP contribution is -2.00. The standard InChI is InChI=1S/C17H20O3S/c1-10(2)15-8-14(16(21-15)17(18)19)20-9-13-6-5-11(3)12(4)7-13/h5-8,10H,9H2,1-4H3,(H,18,19). The summed E-state index contributed by atoms with van der Waals surface area (Å²) in [7, 11) is 0. The maximum Gasteiger partial charge on any atom is 0.349 e. The molecule has 1 aromatic heterocycles. The van der Waals surface area contributed by atoms with Crippen molar-refractivity contribution in [3.8, 4) is 5.75 Å². The number of hydrogen-bond donors (Lipinski definition) is 1. The van der Waals surface area contributed by atoms with Crippen LogP contribution in [0.2, 0.25) is 0 Å². The SMILES string of the molecule is Cc1ccc(COc2cc(C(C)C)sc2C(=O)O)cc1C. The molecular weight excluding hydrogens is 284 g/mol. The van der Waals surface area contributed by atoms with Gasteiger partial charge in [-0.3, -0.25) is 0 Å². The molecule has 0 amide bonds. The second kappa shape index (κ2) is 6.31. The number of carbonyl (C=O) groups is 1. The maximum absolute atomic E-state index is 11.3. The number of rotatable bonds is 5. The van der Waals surface area contributed by atoms with Crippen molar-refractivity contribution >= 4 is 17.3 Å². The topological polar surface area (TPSA) is 46.5 Å². The molecular formula is C17H20O3S. The first-order valence-corrected chi connectivity index (χ1v) is 7.76. The monoisotopic (exact) mass is 304 g/mol. The van der Waals surface area contributed by atoms with Crippen molar-refractivity contribution in [1.29, 1.82) is 0 Å². The molecule has 112 valence electrons. The molecule has 0 saturated heterocycles. The van der Waals surface area contributed by atoms with E-state index in [1.165, 1.54) is 22.5 Å². The molecule has 0 fully saturated rings. The Hall–Kier alpha value is -1.81. The molecule has 0 unspecified atom stereocenters. The summed E-state index contributed by atoms with van der Waals surface area (Å²) in [6.07, 6.45) is 0. The molecule has 2 rings (SSSR count). The van der Waals surface area contributed by atoms with Gasteiger partial charge in [-0.1, -0.05) is 32.0 Å². The molecule has 0 saturated carbocycles. The first-order valence-electron chi connectivity index (χ1n) is 6.94. The highest BCUT2D eigenvalue weighted by Crippen LogP contribution is 2.34. The van der Waals surface area contributed by atoms with Crippen LogP contribution in [0.15, 0.2) is 24.3 Å². The number of carboxylic acids is 1. The lowest BCUT2D eigenvalue weighted by atomic mass is 10.1. The number of ether oxygens (including phenoxy) is 1. The molecule has 0 spiro atoms. The van der Waals surface area contributed by atoms with E-state index in [9.17, 15) is 9.90 Å². The van der Waals surface area contributed by atoms with Gasteiger partial charge in [0.05, 0.1) is 0 Å². The fourth-order valence-corrected chi connectivity index (χ4v) is 2.93. The normalized spacial score (nSPS) is 10.9. The van der Waals surface area contributed by atoms with Crippen molar-refractivity contribution in [1.82, 2.24) is 0 Å². The van der Waals surface area contributed by atoms with Crippen LogP contribution in [0.3, 0.4) is 0 Å². The summed E-state index contributed by atoms with van der Waals surface area (Å²) in [5.41, 5.74) is 3.50. The number of aryl methyl sites for hydroxylation is 2. The van der Waals surface area contributed by atoms with Gasteiger partial charge in [0.1, 0.15) is 12.4 Å². The Labute approximate surface area is 129 Å².